The van der Waals surface area contributed by atoms with Crippen LogP contribution in [0.25, 0.3) is 0 Å². The molecule has 4 atom stereocenters. The maximum atomic E-state index is 12.7. The summed E-state index contributed by atoms with van der Waals surface area (Å²) < 4.78 is 0. The summed E-state index contributed by atoms with van der Waals surface area (Å²) in [6.07, 6.45) is 7.51. The minimum absolute atomic E-state index is 0.0801. The Morgan fingerprint density at radius 3 is 2.72 bits per heavy atom. The topological polar surface area (TPSA) is 89.9 Å². The van der Waals surface area contributed by atoms with Gasteiger partial charge in [0.1, 0.15) is 5.75 Å². The van der Waals surface area contributed by atoms with Crippen LogP contribution in [0.4, 0.5) is 0 Å². The van der Waals surface area contributed by atoms with Gasteiger partial charge in [-0.25, -0.2) is 0 Å². The number of carbonyl (C=O) groups is 2. The number of aromatic hydroxyl groups is 1. The highest BCUT2D eigenvalue weighted by Crippen LogP contribution is 2.35. The standard InChI is InChI=1S/C23H34N2O4/c1-16(23(29)18-8-4-10-19(26)15-18)24-21(27)12-5-13-22(28)25-14-6-9-17-7-2-3-11-20(17)25/h4,8,10,15-17,20,23,26,29H,2-3,5-7,9,11-14H2,1H3,(H,24,27). The fraction of sp³-hybridized carbons (Fsp3) is 0.652. The van der Waals surface area contributed by atoms with E-state index >= 15 is 0 Å². The van der Waals surface area contributed by atoms with Crippen molar-refractivity contribution in [2.45, 2.75) is 82.9 Å². The van der Waals surface area contributed by atoms with E-state index in [4.69, 9.17) is 0 Å². The predicted octanol–water partition coefficient (Wildman–Crippen LogP) is 3.28. The summed E-state index contributed by atoms with van der Waals surface area (Å²) in [6, 6.07) is 6.33. The molecule has 29 heavy (non-hydrogen) atoms. The number of benzene rings is 1. The SMILES string of the molecule is CC(NC(=O)CCCC(=O)N1CCCC2CCCCC21)C(O)c1cccc(O)c1. The molecule has 0 spiro atoms. The molecule has 6 heteroatoms. The molecule has 6 nitrogen and oxygen atoms in total. The summed E-state index contributed by atoms with van der Waals surface area (Å²) in [5.74, 6) is 0.766. The minimum atomic E-state index is -0.899. The number of nitrogens with zero attached hydrogens (tertiary/aromatic N) is 1. The van der Waals surface area contributed by atoms with E-state index in [0.717, 1.165) is 19.4 Å². The minimum Gasteiger partial charge on any atom is -0.508 e. The van der Waals surface area contributed by atoms with Crippen molar-refractivity contribution in [2.75, 3.05) is 6.54 Å². The van der Waals surface area contributed by atoms with Gasteiger partial charge in [-0.1, -0.05) is 25.0 Å². The lowest BCUT2D eigenvalue weighted by atomic mass is 9.78. The number of fused-ring (bicyclic) bond motifs is 1. The number of likely N-dealkylation sites (tertiary alicyclic amines) is 1. The van der Waals surface area contributed by atoms with E-state index in [1.807, 2.05) is 0 Å². The zero-order chi connectivity index (χ0) is 20.8. The maximum absolute atomic E-state index is 12.7. The Morgan fingerprint density at radius 1 is 1.17 bits per heavy atom. The highest BCUT2D eigenvalue weighted by Gasteiger charge is 2.35. The second kappa shape index (κ2) is 10.1. The van der Waals surface area contributed by atoms with Crippen molar-refractivity contribution in [3.63, 3.8) is 0 Å². The van der Waals surface area contributed by atoms with E-state index in [0.29, 0.717) is 30.4 Å². The summed E-state index contributed by atoms with van der Waals surface area (Å²) in [4.78, 5) is 27.0. The van der Waals surface area contributed by atoms with Crippen molar-refractivity contribution < 1.29 is 19.8 Å². The van der Waals surface area contributed by atoms with Gasteiger partial charge in [-0.2, -0.15) is 0 Å². The summed E-state index contributed by atoms with van der Waals surface area (Å²) in [7, 11) is 0. The predicted molar refractivity (Wildman–Crippen MR) is 111 cm³/mol. The highest BCUT2D eigenvalue weighted by atomic mass is 16.3. The van der Waals surface area contributed by atoms with Crippen LogP contribution in [0.15, 0.2) is 24.3 Å². The summed E-state index contributed by atoms with van der Waals surface area (Å²) in [5.41, 5.74) is 0.556. The molecule has 160 valence electrons. The van der Waals surface area contributed by atoms with E-state index in [2.05, 4.69) is 10.2 Å². The first-order valence-electron chi connectivity index (χ1n) is 11.0. The molecule has 2 aliphatic rings. The zero-order valence-corrected chi connectivity index (χ0v) is 17.3. The maximum Gasteiger partial charge on any atom is 0.222 e. The zero-order valence-electron chi connectivity index (χ0n) is 17.3. The van der Waals surface area contributed by atoms with Crippen molar-refractivity contribution in [2.24, 2.45) is 5.92 Å². The second-order valence-corrected chi connectivity index (χ2v) is 8.59. The summed E-state index contributed by atoms with van der Waals surface area (Å²) in [5, 5.41) is 22.7. The smallest absolute Gasteiger partial charge is 0.222 e. The third-order valence-electron chi connectivity index (χ3n) is 6.43. The molecule has 1 aromatic rings. The average molecular weight is 403 g/mol. The van der Waals surface area contributed by atoms with Crippen LogP contribution in [0, 0.1) is 5.92 Å². The van der Waals surface area contributed by atoms with E-state index < -0.39 is 12.1 Å². The molecule has 1 aliphatic carbocycles. The molecular formula is C23H34N2O4. The third-order valence-corrected chi connectivity index (χ3v) is 6.43. The first kappa shape index (κ1) is 21.6. The van der Waals surface area contributed by atoms with Gasteiger partial charge >= 0.3 is 0 Å². The number of rotatable bonds is 7. The van der Waals surface area contributed by atoms with Crippen molar-refractivity contribution in [1.82, 2.24) is 10.2 Å². The Morgan fingerprint density at radius 2 is 1.93 bits per heavy atom. The summed E-state index contributed by atoms with van der Waals surface area (Å²) >= 11 is 0. The quantitative estimate of drug-likeness (QED) is 0.653. The lowest BCUT2D eigenvalue weighted by Gasteiger charge is -2.44. The number of hydrogen-bond donors (Lipinski definition) is 3. The van der Waals surface area contributed by atoms with Crippen LogP contribution in [-0.2, 0) is 9.59 Å². The Kier molecular flexibility index (Phi) is 7.53. The number of aliphatic hydroxyl groups excluding tert-OH is 1. The number of piperidine rings is 1. The van der Waals surface area contributed by atoms with Gasteiger partial charge < -0.3 is 20.4 Å². The Bertz CT molecular complexity index is 706. The Labute approximate surface area is 173 Å². The molecule has 3 N–H and O–H groups in total. The third kappa shape index (κ3) is 5.72. The van der Waals surface area contributed by atoms with Gasteiger partial charge in [-0.3, -0.25) is 9.59 Å². The molecule has 1 saturated heterocycles. The normalized spacial score (nSPS) is 23.7. The number of hydrogen-bond acceptors (Lipinski definition) is 4. The molecular weight excluding hydrogens is 368 g/mol. The molecule has 3 rings (SSSR count). The molecule has 0 aromatic heterocycles. The Hall–Kier alpha value is -2.08. The molecule has 4 unspecified atom stereocenters. The number of carbonyl (C=O) groups excluding carboxylic acids is 2. The van der Waals surface area contributed by atoms with Crippen LogP contribution in [0.3, 0.4) is 0 Å². The van der Waals surface area contributed by atoms with Crippen molar-refractivity contribution in [1.29, 1.82) is 0 Å². The van der Waals surface area contributed by atoms with Gasteiger partial charge in [0.15, 0.2) is 0 Å². The first-order chi connectivity index (χ1) is 14.0. The van der Waals surface area contributed by atoms with Crippen LogP contribution < -0.4 is 5.32 Å². The molecule has 1 heterocycles. The fourth-order valence-corrected chi connectivity index (χ4v) is 4.88. The Balaban J connectivity index is 1.41. The number of phenolic OH excluding ortho intramolecular Hbond substituents is 1. The first-order valence-corrected chi connectivity index (χ1v) is 11.0. The molecule has 0 bridgehead atoms. The van der Waals surface area contributed by atoms with Gasteiger partial charge in [-0.05, 0) is 62.6 Å². The average Bonchev–Trinajstić information content (AvgIpc) is 2.72. The number of nitrogens with one attached hydrogen (secondary N) is 1. The molecule has 2 amide bonds. The second-order valence-electron chi connectivity index (χ2n) is 8.59. The van der Waals surface area contributed by atoms with Gasteiger partial charge in [0.2, 0.25) is 11.8 Å². The van der Waals surface area contributed by atoms with Crippen molar-refractivity contribution >= 4 is 11.8 Å². The number of aliphatic hydroxyl groups is 1. The van der Waals surface area contributed by atoms with E-state index in [9.17, 15) is 19.8 Å². The lowest BCUT2D eigenvalue weighted by Crippen LogP contribution is -2.49. The highest BCUT2D eigenvalue weighted by molar-refractivity contribution is 5.79. The largest absolute Gasteiger partial charge is 0.508 e. The van der Waals surface area contributed by atoms with Crippen LogP contribution in [0.1, 0.15) is 76.4 Å². The molecule has 1 aliphatic heterocycles. The van der Waals surface area contributed by atoms with Gasteiger partial charge in [0, 0.05) is 25.4 Å². The monoisotopic (exact) mass is 402 g/mol. The summed E-state index contributed by atoms with van der Waals surface area (Å²) in [6.45, 7) is 2.59. The van der Waals surface area contributed by atoms with Crippen LogP contribution in [0.2, 0.25) is 0 Å². The molecule has 1 saturated carbocycles. The molecule has 1 aromatic carbocycles. The molecule has 2 fully saturated rings. The number of amides is 2. The van der Waals surface area contributed by atoms with Gasteiger partial charge in [-0.15, -0.1) is 0 Å². The van der Waals surface area contributed by atoms with E-state index in [-0.39, 0.29) is 24.0 Å². The lowest BCUT2D eigenvalue weighted by molar-refractivity contribution is -0.137. The van der Waals surface area contributed by atoms with E-state index in [1.165, 1.54) is 37.8 Å². The van der Waals surface area contributed by atoms with Gasteiger partial charge in [0.05, 0.1) is 12.1 Å². The van der Waals surface area contributed by atoms with Crippen LogP contribution in [0.5, 0.6) is 5.75 Å². The van der Waals surface area contributed by atoms with E-state index in [1.54, 1.807) is 19.1 Å². The van der Waals surface area contributed by atoms with Crippen LogP contribution >= 0.6 is 0 Å². The molecule has 0 radical (unpaired) electrons. The van der Waals surface area contributed by atoms with Crippen molar-refractivity contribution in [3.8, 4) is 5.75 Å². The van der Waals surface area contributed by atoms with Crippen LogP contribution in [-0.4, -0.2) is 45.6 Å². The number of phenols is 1. The van der Waals surface area contributed by atoms with Gasteiger partial charge in [0.25, 0.3) is 0 Å². The fourth-order valence-electron chi connectivity index (χ4n) is 4.88. The van der Waals surface area contributed by atoms with Crippen molar-refractivity contribution in [3.05, 3.63) is 29.8 Å².